The highest BCUT2D eigenvalue weighted by Gasteiger charge is 2.03. The number of hydrogen-bond donors (Lipinski definition) is 0. The van der Waals surface area contributed by atoms with E-state index in [0.717, 1.165) is 11.3 Å². The summed E-state index contributed by atoms with van der Waals surface area (Å²) in [6, 6.07) is 0. The van der Waals surface area contributed by atoms with E-state index in [-0.39, 0.29) is 0 Å². The van der Waals surface area contributed by atoms with Crippen LogP contribution in [0.25, 0.3) is 0 Å². The van der Waals surface area contributed by atoms with Crippen molar-refractivity contribution in [2.45, 2.75) is 12.8 Å². The molecule has 1 aromatic rings. The van der Waals surface area contributed by atoms with Crippen LogP contribution in [0.2, 0.25) is 0 Å². The smallest absolute Gasteiger partial charge is 0.225 e. The van der Waals surface area contributed by atoms with Gasteiger partial charge < -0.3 is 4.90 Å². The highest BCUT2D eigenvalue weighted by Crippen LogP contribution is 2.10. The Hall–Kier alpha value is -0.830. The van der Waals surface area contributed by atoms with E-state index in [1.54, 1.807) is 6.20 Å². The predicted molar refractivity (Wildman–Crippen MR) is 50.7 cm³/mol. The molecular weight excluding hydrogens is 174 g/mol. The number of halogens is 1. The molecule has 0 radical (unpaired) electrons. The Morgan fingerprint density at radius 2 is 2.17 bits per heavy atom. The van der Waals surface area contributed by atoms with Crippen molar-refractivity contribution in [3.05, 3.63) is 17.5 Å². The summed E-state index contributed by atoms with van der Waals surface area (Å²) >= 11 is 5.70. The van der Waals surface area contributed by atoms with Crippen LogP contribution in [0.1, 0.15) is 11.3 Å². The van der Waals surface area contributed by atoms with E-state index in [0.29, 0.717) is 11.8 Å². The summed E-state index contributed by atoms with van der Waals surface area (Å²) in [5.74, 6) is 1.14. The monoisotopic (exact) mass is 185 g/mol. The molecule has 3 nitrogen and oxygen atoms in total. The largest absolute Gasteiger partial charge is 0.347 e. The quantitative estimate of drug-likeness (QED) is 0.656. The molecule has 4 heteroatoms. The molecule has 0 aliphatic rings. The average molecular weight is 186 g/mol. The predicted octanol–water partition coefficient (Wildman–Crippen LogP) is 1.59. The zero-order valence-corrected chi connectivity index (χ0v) is 8.26. The van der Waals surface area contributed by atoms with E-state index in [9.17, 15) is 0 Å². The molecule has 0 fully saturated rings. The standard InChI is InChI=1S/C8H12ClN3/c1-6-5-10-8(12(2)3)11-7(6)4-9/h5H,4H2,1-3H3. The second-order valence-electron chi connectivity index (χ2n) is 2.83. The van der Waals surface area contributed by atoms with Crippen molar-refractivity contribution >= 4 is 17.5 Å². The van der Waals surface area contributed by atoms with Crippen LogP contribution in [-0.2, 0) is 5.88 Å². The molecule has 0 aliphatic heterocycles. The summed E-state index contributed by atoms with van der Waals surface area (Å²) in [6.07, 6.45) is 1.79. The summed E-state index contributed by atoms with van der Waals surface area (Å²) in [5, 5.41) is 0. The molecule has 0 amide bonds. The molecule has 0 N–H and O–H groups in total. The number of anilines is 1. The van der Waals surface area contributed by atoms with Crippen LogP contribution in [0.3, 0.4) is 0 Å². The molecule has 66 valence electrons. The Morgan fingerprint density at radius 1 is 1.50 bits per heavy atom. The van der Waals surface area contributed by atoms with Crippen molar-refractivity contribution in [3.63, 3.8) is 0 Å². The van der Waals surface area contributed by atoms with Crippen molar-refractivity contribution in [2.75, 3.05) is 19.0 Å². The van der Waals surface area contributed by atoms with Gasteiger partial charge in [-0.3, -0.25) is 0 Å². The number of hydrogen-bond acceptors (Lipinski definition) is 3. The van der Waals surface area contributed by atoms with E-state index in [1.807, 2.05) is 25.9 Å². The maximum absolute atomic E-state index is 5.70. The van der Waals surface area contributed by atoms with Gasteiger partial charge in [0.05, 0.1) is 11.6 Å². The third-order valence-electron chi connectivity index (χ3n) is 1.59. The number of nitrogens with zero attached hydrogens (tertiary/aromatic N) is 3. The van der Waals surface area contributed by atoms with Crippen LogP contribution in [0.5, 0.6) is 0 Å². The average Bonchev–Trinajstić information content (AvgIpc) is 2.05. The van der Waals surface area contributed by atoms with Crippen LogP contribution in [0, 0.1) is 6.92 Å². The van der Waals surface area contributed by atoms with Gasteiger partial charge in [-0.25, -0.2) is 9.97 Å². The summed E-state index contributed by atoms with van der Waals surface area (Å²) < 4.78 is 0. The minimum Gasteiger partial charge on any atom is -0.347 e. The number of alkyl halides is 1. The van der Waals surface area contributed by atoms with E-state index < -0.39 is 0 Å². The summed E-state index contributed by atoms with van der Waals surface area (Å²) in [5.41, 5.74) is 1.94. The van der Waals surface area contributed by atoms with Gasteiger partial charge in [-0.05, 0) is 12.5 Å². The van der Waals surface area contributed by atoms with Crippen molar-refractivity contribution in [3.8, 4) is 0 Å². The molecule has 0 spiro atoms. The summed E-state index contributed by atoms with van der Waals surface area (Å²) in [6.45, 7) is 1.96. The minimum atomic E-state index is 0.440. The fourth-order valence-electron chi connectivity index (χ4n) is 0.818. The second-order valence-corrected chi connectivity index (χ2v) is 3.10. The van der Waals surface area contributed by atoms with E-state index in [4.69, 9.17) is 11.6 Å². The lowest BCUT2D eigenvalue weighted by atomic mass is 10.3. The van der Waals surface area contributed by atoms with E-state index in [2.05, 4.69) is 9.97 Å². The maximum atomic E-state index is 5.70. The first-order chi connectivity index (χ1) is 5.65. The zero-order chi connectivity index (χ0) is 9.14. The van der Waals surface area contributed by atoms with Gasteiger partial charge in [0.2, 0.25) is 5.95 Å². The van der Waals surface area contributed by atoms with Crippen LogP contribution in [-0.4, -0.2) is 24.1 Å². The minimum absolute atomic E-state index is 0.440. The molecule has 0 atom stereocenters. The van der Waals surface area contributed by atoms with Crippen molar-refractivity contribution in [1.82, 2.24) is 9.97 Å². The Morgan fingerprint density at radius 3 is 2.67 bits per heavy atom. The Labute approximate surface area is 77.4 Å². The molecular formula is C8H12ClN3. The van der Waals surface area contributed by atoms with Crippen LogP contribution < -0.4 is 4.90 Å². The first kappa shape index (κ1) is 9.26. The molecule has 1 rings (SSSR count). The molecule has 0 unspecified atom stereocenters. The van der Waals surface area contributed by atoms with E-state index >= 15 is 0 Å². The van der Waals surface area contributed by atoms with Crippen LogP contribution in [0.4, 0.5) is 5.95 Å². The third-order valence-corrected chi connectivity index (χ3v) is 1.84. The SMILES string of the molecule is Cc1cnc(N(C)C)nc1CCl. The lowest BCUT2D eigenvalue weighted by molar-refractivity contribution is 0.956. The Bertz CT molecular complexity index is 273. The highest BCUT2D eigenvalue weighted by atomic mass is 35.5. The van der Waals surface area contributed by atoms with Crippen molar-refractivity contribution < 1.29 is 0 Å². The van der Waals surface area contributed by atoms with Gasteiger partial charge in [-0.15, -0.1) is 11.6 Å². The van der Waals surface area contributed by atoms with Gasteiger partial charge in [-0.2, -0.15) is 0 Å². The molecule has 0 saturated heterocycles. The van der Waals surface area contributed by atoms with Crippen molar-refractivity contribution in [2.24, 2.45) is 0 Å². The van der Waals surface area contributed by atoms with Gasteiger partial charge in [0, 0.05) is 20.3 Å². The molecule has 0 aromatic carbocycles. The van der Waals surface area contributed by atoms with E-state index in [1.165, 1.54) is 0 Å². The molecule has 0 bridgehead atoms. The van der Waals surface area contributed by atoms with Gasteiger partial charge in [0.25, 0.3) is 0 Å². The first-order valence-corrected chi connectivity index (χ1v) is 4.24. The highest BCUT2D eigenvalue weighted by molar-refractivity contribution is 6.17. The molecule has 0 aliphatic carbocycles. The lowest BCUT2D eigenvalue weighted by Crippen LogP contribution is -2.13. The third kappa shape index (κ3) is 1.85. The van der Waals surface area contributed by atoms with Crippen LogP contribution in [0.15, 0.2) is 6.20 Å². The topological polar surface area (TPSA) is 29.0 Å². The fourth-order valence-corrected chi connectivity index (χ4v) is 1.09. The maximum Gasteiger partial charge on any atom is 0.225 e. The summed E-state index contributed by atoms with van der Waals surface area (Å²) in [7, 11) is 3.81. The second kappa shape index (κ2) is 3.72. The number of aryl methyl sites for hydroxylation is 1. The normalized spacial score (nSPS) is 10.0. The number of aromatic nitrogens is 2. The molecule has 12 heavy (non-hydrogen) atoms. The molecule has 0 saturated carbocycles. The Balaban J connectivity index is 3.05. The molecule has 1 aromatic heterocycles. The first-order valence-electron chi connectivity index (χ1n) is 3.71. The van der Waals surface area contributed by atoms with Gasteiger partial charge in [0.1, 0.15) is 0 Å². The van der Waals surface area contributed by atoms with Gasteiger partial charge in [-0.1, -0.05) is 0 Å². The fraction of sp³-hybridized carbons (Fsp3) is 0.500. The lowest BCUT2D eigenvalue weighted by Gasteiger charge is -2.11. The van der Waals surface area contributed by atoms with Gasteiger partial charge >= 0.3 is 0 Å². The zero-order valence-electron chi connectivity index (χ0n) is 7.50. The number of rotatable bonds is 2. The van der Waals surface area contributed by atoms with Crippen molar-refractivity contribution in [1.29, 1.82) is 0 Å². The molecule has 1 heterocycles. The summed E-state index contributed by atoms with van der Waals surface area (Å²) in [4.78, 5) is 10.3. The Kier molecular flexibility index (Phi) is 2.87. The van der Waals surface area contributed by atoms with Gasteiger partial charge in [0.15, 0.2) is 0 Å². The van der Waals surface area contributed by atoms with Crippen LogP contribution >= 0.6 is 11.6 Å².